The number of anilines is 2. The number of nitrogens with one attached hydrogen (secondary N) is 1. The normalized spacial score (nSPS) is 16.0. The van der Waals surface area contributed by atoms with Gasteiger partial charge >= 0.3 is 0 Å². The lowest BCUT2D eigenvalue weighted by Gasteiger charge is -2.22. The summed E-state index contributed by atoms with van der Waals surface area (Å²) >= 11 is 0. The van der Waals surface area contributed by atoms with Crippen molar-refractivity contribution in [2.24, 2.45) is 0 Å². The molecule has 0 aliphatic heterocycles. The molecule has 0 saturated heterocycles. The van der Waals surface area contributed by atoms with Gasteiger partial charge in [0.25, 0.3) is 0 Å². The molecule has 2 aliphatic carbocycles. The molecular formula is C28H25N. The van der Waals surface area contributed by atoms with Gasteiger partial charge in [-0.25, -0.2) is 0 Å². The van der Waals surface area contributed by atoms with E-state index in [0.717, 1.165) is 17.8 Å². The number of rotatable bonds is 3. The van der Waals surface area contributed by atoms with Crippen LogP contribution in [0.5, 0.6) is 0 Å². The van der Waals surface area contributed by atoms with Crippen molar-refractivity contribution < 1.29 is 0 Å². The van der Waals surface area contributed by atoms with E-state index in [-0.39, 0.29) is 5.41 Å². The highest BCUT2D eigenvalue weighted by atomic mass is 14.9. The third-order valence-corrected chi connectivity index (χ3v) is 6.07. The molecule has 3 aromatic carbocycles. The topological polar surface area (TPSA) is 12.0 Å². The van der Waals surface area contributed by atoms with E-state index in [1.54, 1.807) is 0 Å². The maximum atomic E-state index is 3.59. The predicted octanol–water partition coefficient (Wildman–Crippen LogP) is 7.64. The monoisotopic (exact) mass is 375 g/mol. The van der Waals surface area contributed by atoms with Gasteiger partial charge in [-0.2, -0.15) is 0 Å². The van der Waals surface area contributed by atoms with Crippen LogP contribution in [-0.4, -0.2) is 0 Å². The number of hydrogen-bond donors (Lipinski definition) is 1. The maximum absolute atomic E-state index is 3.59. The van der Waals surface area contributed by atoms with E-state index < -0.39 is 0 Å². The Morgan fingerprint density at radius 1 is 0.759 bits per heavy atom. The average Bonchev–Trinajstić information content (AvgIpc) is 2.92. The van der Waals surface area contributed by atoms with E-state index in [0.29, 0.717) is 0 Å². The van der Waals surface area contributed by atoms with Crippen LogP contribution in [0.25, 0.3) is 16.7 Å². The molecule has 0 bridgehead atoms. The van der Waals surface area contributed by atoms with Crippen LogP contribution in [0, 0.1) is 0 Å². The Morgan fingerprint density at radius 3 is 2.38 bits per heavy atom. The molecule has 0 radical (unpaired) electrons. The lowest BCUT2D eigenvalue weighted by molar-refractivity contribution is 0.660. The summed E-state index contributed by atoms with van der Waals surface area (Å²) in [6, 6.07) is 24.2. The van der Waals surface area contributed by atoms with Gasteiger partial charge < -0.3 is 5.32 Å². The lowest BCUT2D eigenvalue weighted by atomic mass is 9.82. The van der Waals surface area contributed by atoms with Crippen LogP contribution in [0.4, 0.5) is 11.4 Å². The second-order valence-electron chi connectivity index (χ2n) is 8.32. The van der Waals surface area contributed by atoms with Crippen LogP contribution in [-0.2, 0) is 5.41 Å². The molecule has 1 nitrogen and oxygen atoms in total. The minimum Gasteiger partial charge on any atom is -0.356 e. The Labute approximate surface area is 173 Å². The predicted molar refractivity (Wildman–Crippen MR) is 125 cm³/mol. The van der Waals surface area contributed by atoms with Gasteiger partial charge in [0.2, 0.25) is 0 Å². The van der Waals surface area contributed by atoms with Crippen LogP contribution in [0.1, 0.15) is 37.0 Å². The van der Waals surface area contributed by atoms with Gasteiger partial charge in [-0.05, 0) is 64.1 Å². The molecule has 1 N–H and O–H groups in total. The molecule has 5 rings (SSSR count). The van der Waals surface area contributed by atoms with Crippen LogP contribution in [0.15, 0.2) is 97.1 Å². The Kier molecular flexibility index (Phi) is 4.24. The molecule has 3 aromatic rings. The average molecular weight is 376 g/mol. The van der Waals surface area contributed by atoms with Crippen molar-refractivity contribution in [3.8, 4) is 11.1 Å². The highest BCUT2D eigenvalue weighted by molar-refractivity contribution is 5.83. The molecule has 0 heterocycles. The molecule has 0 atom stereocenters. The van der Waals surface area contributed by atoms with E-state index in [1.807, 2.05) is 0 Å². The summed E-state index contributed by atoms with van der Waals surface area (Å²) in [5.41, 5.74) is 10.3. The van der Waals surface area contributed by atoms with Crippen LogP contribution < -0.4 is 5.32 Å². The van der Waals surface area contributed by atoms with Crippen LogP contribution in [0.2, 0.25) is 0 Å². The van der Waals surface area contributed by atoms with Gasteiger partial charge in [0, 0.05) is 16.8 Å². The van der Waals surface area contributed by atoms with E-state index in [4.69, 9.17) is 0 Å². The lowest BCUT2D eigenvalue weighted by Crippen LogP contribution is -2.15. The van der Waals surface area contributed by atoms with Gasteiger partial charge in [0.1, 0.15) is 0 Å². The van der Waals surface area contributed by atoms with Crippen molar-refractivity contribution in [2.45, 2.75) is 25.7 Å². The molecular weight excluding hydrogens is 350 g/mol. The van der Waals surface area contributed by atoms with E-state index in [9.17, 15) is 0 Å². The van der Waals surface area contributed by atoms with Crippen molar-refractivity contribution in [1.82, 2.24) is 0 Å². The van der Waals surface area contributed by atoms with E-state index in [2.05, 4.69) is 116 Å². The first-order valence-electron chi connectivity index (χ1n) is 10.3. The first-order chi connectivity index (χ1) is 14.1. The van der Waals surface area contributed by atoms with Crippen molar-refractivity contribution in [3.63, 3.8) is 0 Å². The van der Waals surface area contributed by atoms with E-state index >= 15 is 0 Å². The smallest absolute Gasteiger partial charge is 0.0387 e. The summed E-state index contributed by atoms with van der Waals surface area (Å²) in [4.78, 5) is 0. The zero-order valence-corrected chi connectivity index (χ0v) is 16.9. The van der Waals surface area contributed by atoms with Gasteiger partial charge in [-0.15, -0.1) is 0 Å². The summed E-state index contributed by atoms with van der Waals surface area (Å²) in [6.07, 6.45) is 11.9. The molecule has 0 fully saturated rings. The summed E-state index contributed by atoms with van der Waals surface area (Å²) in [7, 11) is 0. The minimum atomic E-state index is 0.0271. The van der Waals surface area contributed by atoms with Gasteiger partial charge in [0.15, 0.2) is 0 Å². The Balaban J connectivity index is 1.42. The fourth-order valence-corrected chi connectivity index (χ4v) is 4.47. The van der Waals surface area contributed by atoms with Crippen molar-refractivity contribution in [2.75, 3.05) is 5.32 Å². The Morgan fingerprint density at radius 2 is 1.52 bits per heavy atom. The molecule has 1 heteroatoms. The molecule has 0 amide bonds. The first-order valence-corrected chi connectivity index (χ1v) is 10.3. The second-order valence-corrected chi connectivity index (χ2v) is 8.32. The Bertz CT molecular complexity index is 1160. The fourth-order valence-electron chi connectivity index (χ4n) is 4.47. The number of allylic oxidation sites excluding steroid dienone is 6. The number of fused-ring (bicyclic) bond motifs is 3. The summed E-state index contributed by atoms with van der Waals surface area (Å²) in [6.45, 7) is 4.64. The molecule has 142 valence electrons. The SMILES string of the molecule is CC1(C)c2ccccc2-c2ccc(Nc3ccc(C4=CC=CCC=C4)cc3)cc21. The highest BCUT2D eigenvalue weighted by Crippen LogP contribution is 2.49. The Hall–Kier alpha value is -3.32. The third kappa shape index (κ3) is 3.13. The quantitative estimate of drug-likeness (QED) is 0.496. The summed E-state index contributed by atoms with van der Waals surface area (Å²) in [5, 5.41) is 3.59. The summed E-state index contributed by atoms with van der Waals surface area (Å²) < 4.78 is 0. The molecule has 0 unspecified atom stereocenters. The minimum absolute atomic E-state index is 0.0271. The zero-order chi connectivity index (χ0) is 19.8. The molecule has 0 saturated carbocycles. The van der Waals surface area contributed by atoms with Crippen LogP contribution >= 0.6 is 0 Å². The zero-order valence-electron chi connectivity index (χ0n) is 16.9. The molecule has 0 aromatic heterocycles. The molecule has 2 aliphatic rings. The van der Waals surface area contributed by atoms with Gasteiger partial charge in [0.05, 0.1) is 0 Å². The number of hydrogen-bond acceptors (Lipinski definition) is 1. The van der Waals surface area contributed by atoms with Gasteiger partial charge in [-0.3, -0.25) is 0 Å². The summed E-state index contributed by atoms with van der Waals surface area (Å²) in [5.74, 6) is 0. The largest absolute Gasteiger partial charge is 0.356 e. The maximum Gasteiger partial charge on any atom is 0.0387 e. The van der Waals surface area contributed by atoms with Crippen molar-refractivity contribution >= 4 is 16.9 Å². The standard InChI is InChI=1S/C28H25N/c1-28(2)26-12-8-7-11-24(26)25-18-17-23(19-27(25)28)29-22-15-13-21(14-16-22)20-9-5-3-4-6-10-20/h3,5-19,29H,4H2,1-2H3. The first kappa shape index (κ1) is 17.8. The van der Waals surface area contributed by atoms with Gasteiger partial charge in [-0.1, -0.05) is 86.7 Å². The van der Waals surface area contributed by atoms with Crippen molar-refractivity contribution in [1.29, 1.82) is 0 Å². The van der Waals surface area contributed by atoms with E-state index in [1.165, 1.54) is 33.4 Å². The van der Waals surface area contributed by atoms with Crippen LogP contribution in [0.3, 0.4) is 0 Å². The number of benzene rings is 3. The highest BCUT2D eigenvalue weighted by Gasteiger charge is 2.35. The molecule has 0 spiro atoms. The molecule has 29 heavy (non-hydrogen) atoms. The third-order valence-electron chi connectivity index (χ3n) is 6.07. The van der Waals surface area contributed by atoms with Crippen molar-refractivity contribution in [3.05, 3.63) is 114 Å². The fraction of sp³-hybridized carbons (Fsp3) is 0.143. The second kappa shape index (κ2) is 6.93.